The molecule has 0 fully saturated rings. The Hall–Kier alpha value is -3.12. The molecule has 3 aromatic rings. The minimum atomic E-state index is -3.98. The number of carbonyl (C=O) groups excluding carboxylic acids is 1. The van der Waals surface area contributed by atoms with E-state index in [-0.39, 0.29) is 11.4 Å². The number of hydrogen-bond acceptors (Lipinski definition) is 4. The molecule has 0 bridgehead atoms. The van der Waals surface area contributed by atoms with Crippen molar-refractivity contribution in [2.75, 3.05) is 4.90 Å². The first kappa shape index (κ1) is 17.3. The Morgan fingerprint density at radius 3 is 2.30 bits per heavy atom. The number of rotatable bonds is 5. The number of nitrogens with zero attached hydrogens (tertiary/aromatic N) is 1. The fourth-order valence-electron chi connectivity index (χ4n) is 3.08. The molecule has 1 amide bonds. The summed E-state index contributed by atoms with van der Waals surface area (Å²) in [5, 5.41) is -0.901. The van der Waals surface area contributed by atoms with Crippen LogP contribution >= 0.6 is 0 Å². The molecule has 0 aromatic heterocycles. The van der Waals surface area contributed by atoms with Crippen LogP contribution in [0.2, 0.25) is 0 Å². The minimum Gasteiger partial charge on any atom is -0.489 e. The predicted molar refractivity (Wildman–Crippen MR) is 102 cm³/mol. The van der Waals surface area contributed by atoms with E-state index in [4.69, 9.17) is 4.74 Å². The highest BCUT2D eigenvalue weighted by atomic mass is 32.2. The highest BCUT2D eigenvalue weighted by Crippen LogP contribution is 2.37. The van der Waals surface area contributed by atoms with E-state index in [0.29, 0.717) is 18.0 Å². The molecule has 1 aliphatic rings. The number of sulfone groups is 1. The van der Waals surface area contributed by atoms with Gasteiger partial charge in [-0.1, -0.05) is 60.7 Å². The van der Waals surface area contributed by atoms with Crippen molar-refractivity contribution in [2.45, 2.75) is 18.0 Å². The Bertz CT molecular complexity index is 1090. The summed E-state index contributed by atoms with van der Waals surface area (Å²) in [5.41, 5.74) is 2.17. The normalized spacial score (nSPS) is 14.8. The molecule has 4 rings (SSSR count). The van der Waals surface area contributed by atoms with Crippen molar-refractivity contribution in [1.82, 2.24) is 0 Å². The smallest absolute Gasteiger partial charge is 0.348 e. The fourth-order valence-corrected chi connectivity index (χ4v) is 4.43. The molecular formula is C21H17NO4S. The van der Waals surface area contributed by atoms with Crippen molar-refractivity contribution in [3.63, 3.8) is 0 Å². The Morgan fingerprint density at radius 1 is 0.815 bits per heavy atom. The zero-order chi connectivity index (χ0) is 18.9. The second-order valence-electron chi connectivity index (χ2n) is 6.21. The van der Waals surface area contributed by atoms with E-state index in [9.17, 15) is 13.2 Å². The van der Waals surface area contributed by atoms with Crippen molar-refractivity contribution in [2.24, 2.45) is 0 Å². The molecule has 0 radical (unpaired) electrons. The predicted octanol–water partition coefficient (Wildman–Crippen LogP) is 4.18. The average Bonchev–Trinajstić information content (AvgIpc) is 2.89. The maximum Gasteiger partial charge on any atom is 0.348 e. The number of anilines is 1. The molecule has 0 saturated carbocycles. The van der Waals surface area contributed by atoms with Gasteiger partial charge in [0.2, 0.25) is 0 Å². The lowest BCUT2D eigenvalue weighted by molar-refractivity contribution is 0.263. The molecule has 0 aliphatic carbocycles. The Labute approximate surface area is 157 Å². The third-order valence-electron chi connectivity index (χ3n) is 4.43. The van der Waals surface area contributed by atoms with Crippen molar-refractivity contribution < 1.29 is 17.9 Å². The molecule has 0 spiro atoms. The van der Waals surface area contributed by atoms with Crippen LogP contribution in [0.3, 0.4) is 0 Å². The molecule has 6 heteroatoms. The lowest BCUT2D eigenvalue weighted by atomic mass is 10.1. The number of benzene rings is 3. The molecule has 5 nitrogen and oxygen atoms in total. The van der Waals surface area contributed by atoms with Crippen LogP contribution in [-0.2, 0) is 23.0 Å². The third kappa shape index (κ3) is 3.19. The lowest BCUT2D eigenvalue weighted by Gasteiger charge is -2.18. The highest BCUT2D eigenvalue weighted by molar-refractivity contribution is 8.07. The van der Waals surface area contributed by atoms with Gasteiger partial charge in [0.1, 0.15) is 17.3 Å². The summed E-state index contributed by atoms with van der Waals surface area (Å²) in [6.45, 7) is 0.515. The standard InChI is InChI=1S/C21H17NO4S/c23-21-22(18-11-5-7-13-20(18)27(21,24)25)14-17-10-4-6-12-19(17)26-15-16-8-2-1-3-9-16/h1-13H,14-15H2. The Balaban J connectivity index is 1.61. The number of fused-ring (bicyclic) bond motifs is 1. The van der Waals surface area contributed by atoms with E-state index in [2.05, 4.69) is 0 Å². The largest absolute Gasteiger partial charge is 0.489 e. The van der Waals surface area contributed by atoms with Crippen molar-refractivity contribution in [3.8, 4) is 5.75 Å². The molecule has 3 aromatic carbocycles. The average molecular weight is 379 g/mol. The van der Waals surface area contributed by atoms with Crippen LogP contribution < -0.4 is 9.64 Å². The second-order valence-corrected chi connectivity index (χ2v) is 8.00. The summed E-state index contributed by atoms with van der Waals surface area (Å²) in [6.07, 6.45) is 0. The van der Waals surface area contributed by atoms with Gasteiger partial charge in [-0.15, -0.1) is 0 Å². The van der Waals surface area contributed by atoms with Crippen molar-refractivity contribution >= 4 is 20.8 Å². The molecule has 0 saturated heterocycles. The van der Waals surface area contributed by atoms with E-state index in [0.717, 1.165) is 11.1 Å². The summed E-state index contributed by atoms with van der Waals surface area (Å²) in [4.78, 5) is 13.8. The van der Waals surface area contributed by atoms with Gasteiger partial charge in [-0.05, 0) is 23.8 Å². The summed E-state index contributed by atoms with van der Waals surface area (Å²) in [7, 11) is -3.98. The van der Waals surface area contributed by atoms with E-state index in [1.165, 1.54) is 11.0 Å². The van der Waals surface area contributed by atoms with Crippen LogP contribution in [0.5, 0.6) is 5.75 Å². The second kappa shape index (κ2) is 6.89. The van der Waals surface area contributed by atoms with Crippen LogP contribution in [0, 0.1) is 0 Å². The topological polar surface area (TPSA) is 63.7 Å². The van der Waals surface area contributed by atoms with Gasteiger partial charge in [0, 0.05) is 5.56 Å². The maximum atomic E-state index is 12.5. The number of para-hydroxylation sites is 2. The van der Waals surface area contributed by atoms with Gasteiger partial charge in [0.05, 0.1) is 12.2 Å². The molecule has 136 valence electrons. The SMILES string of the molecule is O=C1N(Cc2ccccc2OCc2ccccc2)c2ccccc2S1(=O)=O. The van der Waals surface area contributed by atoms with E-state index in [1.54, 1.807) is 18.2 Å². The lowest BCUT2D eigenvalue weighted by Crippen LogP contribution is -2.28. The summed E-state index contributed by atoms with van der Waals surface area (Å²) < 4.78 is 30.6. The number of amides is 1. The number of ether oxygens (including phenoxy) is 1. The van der Waals surface area contributed by atoms with Crippen molar-refractivity contribution in [3.05, 3.63) is 90.0 Å². The van der Waals surface area contributed by atoms with E-state index in [1.807, 2.05) is 54.6 Å². The minimum absolute atomic E-state index is 0.0534. The van der Waals surface area contributed by atoms with Crippen molar-refractivity contribution in [1.29, 1.82) is 0 Å². The van der Waals surface area contributed by atoms with Gasteiger partial charge in [-0.2, -0.15) is 0 Å². The van der Waals surface area contributed by atoms with Gasteiger partial charge in [-0.3, -0.25) is 9.69 Å². The highest BCUT2D eigenvalue weighted by Gasteiger charge is 2.41. The first-order valence-electron chi connectivity index (χ1n) is 8.47. The first-order chi connectivity index (χ1) is 13.1. The van der Waals surface area contributed by atoms with Gasteiger partial charge >= 0.3 is 5.24 Å². The monoisotopic (exact) mass is 379 g/mol. The molecular weight excluding hydrogens is 362 g/mol. The molecule has 0 unspecified atom stereocenters. The molecule has 1 heterocycles. The number of carbonyl (C=O) groups is 1. The third-order valence-corrected chi connectivity index (χ3v) is 6.04. The van der Waals surface area contributed by atoms with Crippen LogP contribution in [0.1, 0.15) is 11.1 Å². The zero-order valence-corrected chi connectivity index (χ0v) is 15.2. The molecule has 27 heavy (non-hydrogen) atoms. The summed E-state index contributed by atoms with van der Waals surface area (Å²) >= 11 is 0. The Morgan fingerprint density at radius 2 is 1.48 bits per heavy atom. The Kier molecular flexibility index (Phi) is 4.41. The van der Waals surface area contributed by atoms with Gasteiger partial charge < -0.3 is 4.74 Å². The van der Waals surface area contributed by atoms with Crippen LogP contribution in [0.15, 0.2) is 83.8 Å². The van der Waals surface area contributed by atoms with Crippen LogP contribution in [-0.4, -0.2) is 13.7 Å². The van der Waals surface area contributed by atoms with Gasteiger partial charge in [0.25, 0.3) is 9.84 Å². The van der Waals surface area contributed by atoms with E-state index < -0.39 is 15.1 Å². The molecule has 0 N–H and O–H groups in total. The molecule has 0 atom stereocenters. The van der Waals surface area contributed by atoms with Crippen LogP contribution in [0.25, 0.3) is 0 Å². The summed E-state index contributed by atoms with van der Waals surface area (Å²) in [6, 6.07) is 23.5. The fraction of sp³-hybridized carbons (Fsp3) is 0.0952. The van der Waals surface area contributed by atoms with Gasteiger partial charge in [-0.25, -0.2) is 8.42 Å². The molecule has 1 aliphatic heterocycles. The zero-order valence-electron chi connectivity index (χ0n) is 14.4. The number of hydrogen-bond donors (Lipinski definition) is 0. The van der Waals surface area contributed by atoms with Gasteiger partial charge in [0.15, 0.2) is 0 Å². The first-order valence-corrected chi connectivity index (χ1v) is 9.96. The maximum absolute atomic E-state index is 12.5. The quantitative estimate of drug-likeness (QED) is 0.667. The van der Waals surface area contributed by atoms with Crippen LogP contribution in [0.4, 0.5) is 10.5 Å². The van der Waals surface area contributed by atoms with E-state index >= 15 is 0 Å². The summed E-state index contributed by atoms with van der Waals surface area (Å²) in [5.74, 6) is 0.621.